The van der Waals surface area contributed by atoms with Crippen LogP contribution in [0.3, 0.4) is 0 Å². The lowest BCUT2D eigenvalue weighted by Gasteiger charge is -2.17. The van der Waals surface area contributed by atoms with Crippen molar-refractivity contribution in [3.63, 3.8) is 0 Å². The molecule has 6 nitrogen and oxygen atoms in total. The maximum absolute atomic E-state index is 13.0. The molecule has 0 radical (unpaired) electrons. The number of rotatable bonds is 7. The number of likely N-dealkylation sites (tertiary alicyclic amines) is 1. The number of anilines is 1. The van der Waals surface area contributed by atoms with Gasteiger partial charge in [-0.3, -0.25) is 14.4 Å². The molecule has 2 aromatic rings. The Kier molecular flexibility index (Phi) is 6.94. The van der Waals surface area contributed by atoms with Crippen LogP contribution in [-0.2, 0) is 28.9 Å². The molecule has 1 aromatic heterocycles. The van der Waals surface area contributed by atoms with Gasteiger partial charge in [0.2, 0.25) is 11.8 Å². The zero-order valence-corrected chi connectivity index (χ0v) is 19.6. The minimum Gasteiger partial charge on any atom is -0.352 e. The Bertz CT molecular complexity index is 1010. The van der Waals surface area contributed by atoms with Crippen molar-refractivity contribution in [1.29, 1.82) is 0 Å². The first-order valence-electron chi connectivity index (χ1n) is 11.5. The molecule has 1 aromatic carbocycles. The van der Waals surface area contributed by atoms with Gasteiger partial charge in [0.15, 0.2) is 0 Å². The van der Waals surface area contributed by atoms with E-state index in [4.69, 9.17) is 0 Å². The smallest absolute Gasteiger partial charge is 0.254 e. The average molecular weight is 454 g/mol. The Balaban J connectivity index is 1.42. The van der Waals surface area contributed by atoms with E-state index < -0.39 is 0 Å². The van der Waals surface area contributed by atoms with Gasteiger partial charge in [0.05, 0.1) is 11.5 Å². The van der Waals surface area contributed by atoms with Crippen LogP contribution >= 0.6 is 11.3 Å². The molecule has 4 rings (SSSR count). The predicted octanol–water partition coefficient (Wildman–Crippen LogP) is 3.71. The van der Waals surface area contributed by atoms with Gasteiger partial charge in [-0.1, -0.05) is 29.8 Å². The number of hydrogen-bond donors (Lipinski definition) is 2. The van der Waals surface area contributed by atoms with E-state index in [0.29, 0.717) is 30.2 Å². The first kappa shape index (κ1) is 22.5. The van der Waals surface area contributed by atoms with Crippen LogP contribution in [0.15, 0.2) is 24.3 Å². The summed E-state index contributed by atoms with van der Waals surface area (Å²) in [6.07, 6.45) is 5.01. The molecule has 2 heterocycles. The molecule has 0 spiro atoms. The SMILES string of the molecule is CCNC(=O)c1c(NC(=O)C2CC(=O)N(CCc3ccc(C)cc3)C2)sc2c1CCCC2. The van der Waals surface area contributed by atoms with Gasteiger partial charge in [0.1, 0.15) is 5.00 Å². The predicted molar refractivity (Wildman–Crippen MR) is 127 cm³/mol. The zero-order valence-electron chi connectivity index (χ0n) is 18.8. The Morgan fingerprint density at radius 2 is 1.91 bits per heavy atom. The van der Waals surface area contributed by atoms with Gasteiger partial charge in [-0.25, -0.2) is 0 Å². The molecule has 0 bridgehead atoms. The fourth-order valence-corrected chi connectivity index (χ4v) is 5.83. The van der Waals surface area contributed by atoms with E-state index in [2.05, 4.69) is 41.8 Å². The van der Waals surface area contributed by atoms with Gasteiger partial charge < -0.3 is 15.5 Å². The van der Waals surface area contributed by atoms with Crippen molar-refractivity contribution >= 4 is 34.1 Å². The van der Waals surface area contributed by atoms with Crippen molar-refractivity contribution in [2.75, 3.05) is 25.0 Å². The third-order valence-corrected chi connectivity index (χ3v) is 7.56. The second kappa shape index (κ2) is 9.86. The number of nitrogens with zero attached hydrogens (tertiary/aromatic N) is 1. The normalized spacial score (nSPS) is 17.9. The first-order valence-corrected chi connectivity index (χ1v) is 12.3. The summed E-state index contributed by atoms with van der Waals surface area (Å²) in [5.74, 6) is -0.654. The van der Waals surface area contributed by atoms with E-state index in [0.717, 1.165) is 37.7 Å². The number of fused-ring (bicyclic) bond motifs is 1. The van der Waals surface area contributed by atoms with Gasteiger partial charge in [0.25, 0.3) is 5.91 Å². The van der Waals surface area contributed by atoms with Crippen LogP contribution in [0.5, 0.6) is 0 Å². The minimum absolute atomic E-state index is 0.0201. The number of thiophene rings is 1. The summed E-state index contributed by atoms with van der Waals surface area (Å²) in [5.41, 5.74) is 4.11. The molecule has 2 N–H and O–H groups in total. The fraction of sp³-hybridized carbons (Fsp3) is 0.480. The monoisotopic (exact) mass is 453 g/mol. The number of carbonyl (C=O) groups is 3. The van der Waals surface area contributed by atoms with E-state index in [9.17, 15) is 14.4 Å². The highest BCUT2D eigenvalue weighted by molar-refractivity contribution is 7.17. The number of carbonyl (C=O) groups excluding carboxylic acids is 3. The van der Waals surface area contributed by atoms with Gasteiger partial charge in [-0.05, 0) is 57.1 Å². The average Bonchev–Trinajstić information content (AvgIpc) is 3.33. The van der Waals surface area contributed by atoms with Crippen LogP contribution < -0.4 is 10.6 Å². The molecule has 2 aliphatic rings. The summed E-state index contributed by atoms with van der Waals surface area (Å²) in [6.45, 7) is 5.54. The summed E-state index contributed by atoms with van der Waals surface area (Å²) in [5, 5.41) is 6.53. The molecule has 3 amide bonds. The fourth-order valence-electron chi connectivity index (χ4n) is 4.54. The van der Waals surface area contributed by atoms with E-state index in [-0.39, 0.29) is 30.1 Å². The number of hydrogen-bond acceptors (Lipinski definition) is 4. The molecule has 1 aliphatic carbocycles. The van der Waals surface area contributed by atoms with E-state index in [1.807, 2.05) is 6.92 Å². The van der Waals surface area contributed by atoms with E-state index >= 15 is 0 Å². The van der Waals surface area contributed by atoms with Crippen LogP contribution in [0.1, 0.15) is 58.1 Å². The van der Waals surface area contributed by atoms with Crippen molar-refractivity contribution in [1.82, 2.24) is 10.2 Å². The number of nitrogens with one attached hydrogen (secondary N) is 2. The maximum atomic E-state index is 13.0. The molecule has 1 saturated heterocycles. The Morgan fingerprint density at radius 1 is 1.16 bits per heavy atom. The quantitative estimate of drug-likeness (QED) is 0.671. The molecule has 1 atom stereocenters. The Morgan fingerprint density at radius 3 is 2.66 bits per heavy atom. The van der Waals surface area contributed by atoms with Gasteiger partial charge in [0, 0.05) is 30.9 Å². The first-order chi connectivity index (χ1) is 15.5. The topological polar surface area (TPSA) is 78.5 Å². The van der Waals surface area contributed by atoms with Crippen LogP contribution in [0, 0.1) is 12.8 Å². The summed E-state index contributed by atoms with van der Waals surface area (Å²) < 4.78 is 0. The largest absolute Gasteiger partial charge is 0.352 e. The minimum atomic E-state index is -0.387. The lowest BCUT2D eigenvalue weighted by molar-refractivity contribution is -0.128. The molecule has 1 fully saturated rings. The highest BCUT2D eigenvalue weighted by Crippen LogP contribution is 2.38. The van der Waals surface area contributed by atoms with Crippen molar-refractivity contribution in [3.05, 3.63) is 51.4 Å². The molecular weight excluding hydrogens is 422 g/mol. The molecule has 0 saturated carbocycles. The summed E-state index contributed by atoms with van der Waals surface area (Å²) >= 11 is 1.52. The summed E-state index contributed by atoms with van der Waals surface area (Å²) in [7, 11) is 0. The molecule has 1 unspecified atom stereocenters. The van der Waals surface area contributed by atoms with Crippen molar-refractivity contribution in [2.24, 2.45) is 5.92 Å². The maximum Gasteiger partial charge on any atom is 0.254 e. The second-order valence-corrected chi connectivity index (χ2v) is 9.85. The highest BCUT2D eigenvalue weighted by atomic mass is 32.1. The van der Waals surface area contributed by atoms with Gasteiger partial charge in [-0.2, -0.15) is 0 Å². The number of benzene rings is 1. The van der Waals surface area contributed by atoms with Crippen LogP contribution in [0.2, 0.25) is 0 Å². The van der Waals surface area contributed by atoms with Crippen LogP contribution in [0.4, 0.5) is 5.00 Å². The third kappa shape index (κ3) is 4.88. The lowest BCUT2D eigenvalue weighted by Crippen LogP contribution is -2.30. The summed E-state index contributed by atoms with van der Waals surface area (Å²) in [6, 6.07) is 8.32. The second-order valence-electron chi connectivity index (χ2n) is 8.74. The Labute approximate surface area is 193 Å². The molecule has 7 heteroatoms. The summed E-state index contributed by atoms with van der Waals surface area (Å²) in [4.78, 5) is 41.3. The van der Waals surface area contributed by atoms with Gasteiger partial charge >= 0.3 is 0 Å². The number of amides is 3. The highest BCUT2D eigenvalue weighted by Gasteiger charge is 2.35. The molecule has 1 aliphatic heterocycles. The molecule has 170 valence electrons. The van der Waals surface area contributed by atoms with Crippen molar-refractivity contribution in [2.45, 2.75) is 52.4 Å². The molecule has 32 heavy (non-hydrogen) atoms. The van der Waals surface area contributed by atoms with Crippen LogP contribution in [-0.4, -0.2) is 42.3 Å². The van der Waals surface area contributed by atoms with Crippen LogP contribution in [0.25, 0.3) is 0 Å². The standard InChI is InChI=1S/C25H31N3O3S/c1-3-26-24(31)22-19-6-4-5-7-20(19)32-25(22)27-23(30)18-14-21(29)28(15-18)13-12-17-10-8-16(2)9-11-17/h8-11,18H,3-7,12-15H2,1-2H3,(H,26,31)(H,27,30). The zero-order chi connectivity index (χ0) is 22.7. The van der Waals surface area contributed by atoms with E-state index in [1.54, 1.807) is 4.90 Å². The third-order valence-electron chi connectivity index (χ3n) is 6.35. The Hall–Kier alpha value is -2.67. The lowest BCUT2D eigenvalue weighted by atomic mass is 9.95. The van der Waals surface area contributed by atoms with Crippen molar-refractivity contribution in [3.8, 4) is 0 Å². The van der Waals surface area contributed by atoms with E-state index in [1.165, 1.54) is 27.3 Å². The van der Waals surface area contributed by atoms with Crippen molar-refractivity contribution < 1.29 is 14.4 Å². The molecular formula is C25H31N3O3S. The number of aryl methyl sites for hydroxylation is 2. The van der Waals surface area contributed by atoms with Gasteiger partial charge in [-0.15, -0.1) is 11.3 Å².